The van der Waals surface area contributed by atoms with Gasteiger partial charge in [0.1, 0.15) is 5.82 Å². The third-order valence-corrected chi connectivity index (χ3v) is 4.63. The van der Waals surface area contributed by atoms with E-state index in [0.717, 1.165) is 20.0 Å². The molecule has 0 fully saturated rings. The van der Waals surface area contributed by atoms with E-state index in [1.54, 1.807) is 7.11 Å². The van der Waals surface area contributed by atoms with E-state index in [1.165, 1.54) is 11.3 Å². The number of hydrogen-bond acceptors (Lipinski definition) is 5. The van der Waals surface area contributed by atoms with Crippen LogP contribution in [-0.2, 0) is 11.3 Å². The molecule has 2 aromatic rings. The summed E-state index contributed by atoms with van der Waals surface area (Å²) in [6.07, 6.45) is 0. The zero-order valence-corrected chi connectivity index (χ0v) is 13.6. The normalized spacial score (nSPS) is 10.7. The standard InChI is InChI=1S/C11H11ClIN3OS/c1-14-11-9(13)7(4-17-2)15-10(16-11)8-3-6(12)5-18-8/h3,5H,4H2,1-2H3,(H,14,15,16). The zero-order chi connectivity index (χ0) is 13.1. The second-order valence-corrected chi connectivity index (χ2v) is 5.90. The Morgan fingerprint density at radius 3 is 2.83 bits per heavy atom. The Labute approximate surface area is 128 Å². The van der Waals surface area contributed by atoms with Gasteiger partial charge in [-0.2, -0.15) is 0 Å². The van der Waals surface area contributed by atoms with Gasteiger partial charge in [-0.3, -0.25) is 0 Å². The van der Waals surface area contributed by atoms with Crippen molar-refractivity contribution in [2.45, 2.75) is 6.61 Å². The van der Waals surface area contributed by atoms with Gasteiger partial charge in [-0.25, -0.2) is 9.97 Å². The van der Waals surface area contributed by atoms with Crippen LogP contribution in [0.25, 0.3) is 10.7 Å². The Hall–Kier alpha value is -0.440. The fourth-order valence-electron chi connectivity index (χ4n) is 1.43. The maximum atomic E-state index is 5.93. The van der Waals surface area contributed by atoms with Gasteiger partial charge in [-0.05, 0) is 28.7 Å². The molecule has 2 heterocycles. The van der Waals surface area contributed by atoms with Crippen LogP contribution in [0.15, 0.2) is 11.4 Å². The van der Waals surface area contributed by atoms with Crippen LogP contribution in [-0.4, -0.2) is 24.1 Å². The van der Waals surface area contributed by atoms with E-state index in [4.69, 9.17) is 16.3 Å². The van der Waals surface area contributed by atoms with Crippen LogP contribution < -0.4 is 5.32 Å². The highest BCUT2D eigenvalue weighted by molar-refractivity contribution is 14.1. The smallest absolute Gasteiger partial charge is 0.172 e. The Morgan fingerprint density at radius 2 is 2.28 bits per heavy atom. The predicted molar refractivity (Wildman–Crippen MR) is 83.3 cm³/mol. The number of nitrogens with zero attached hydrogens (tertiary/aromatic N) is 2. The number of aromatic nitrogens is 2. The summed E-state index contributed by atoms with van der Waals surface area (Å²) in [5, 5.41) is 5.64. The number of halogens is 2. The molecule has 2 rings (SSSR count). The van der Waals surface area contributed by atoms with Crippen molar-refractivity contribution in [1.82, 2.24) is 9.97 Å². The first-order chi connectivity index (χ1) is 8.65. The van der Waals surface area contributed by atoms with E-state index in [9.17, 15) is 0 Å². The topological polar surface area (TPSA) is 47.0 Å². The van der Waals surface area contributed by atoms with Gasteiger partial charge in [0, 0.05) is 19.5 Å². The Kier molecular flexibility index (Phi) is 4.77. The average molecular weight is 396 g/mol. The van der Waals surface area contributed by atoms with E-state index in [0.29, 0.717) is 17.5 Å². The average Bonchev–Trinajstić information content (AvgIpc) is 2.79. The van der Waals surface area contributed by atoms with Crippen molar-refractivity contribution in [3.63, 3.8) is 0 Å². The minimum absolute atomic E-state index is 0.460. The number of thiophene rings is 1. The van der Waals surface area contributed by atoms with E-state index >= 15 is 0 Å². The highest BCUT2D eigenvalue weighted by Gasteiger charge is 2.13. The zero-order valence-electron chi connectivity index (χ0n) is 9.83. The Morgan fingerprint density at radius 1 is 1.50 bits per heavy atom. The molecule has 96 valence electrons. The van der Waals surface area contributed by atoms with Gasteiger partial charge in [-0.1, -0.05) is 11.6 Å². The van der Waals surface area contributed by atoms with Gasteiger partial charge in [0.25, 0.3) is 0 Å². The molecule has 4 nitrogen and oxygen atoms in total. The van der Waals surface area contributed by atoms with Crippen molar-refractivity contribution in [1.29, 1.82) is 0 Å². The van der Waals surface area contributed by atoms with Gasteiger partial charge in [0.05, 0.1) is 25.8 Å². The monoisotopic (exact) mass is 395 g/mol. The van der Waals surface area contributed by atoms with E-state index in [2.05, 4.69) is 37.9 Å². The van der Waals surface area contributed by atoms with Crippen LogP contribution in [0, 0.1) is 3.57 Å². The molecular formula is C11H11ClIN3OS. The van der Waals surface area contributed by atoms with Crippen molar-refractivity contribution in [3.8, 4) is 10.7 Å². The molecule has 0 atom stereocenters. The van der Waals surface area contributed by atoms with Crippen LogP contribution in [0.4, 0.5) is 5.82 Å². The minimum Gasteiger partial charge on any atom is -0.378 e. The summed E-state index contributed by atoms with van der Waals surface area (Å²) < 4.78 is 6.13. The molecule has 0 bridgehead atoms. The molecule has 2 aromatic heterocycles. The van der Waals surface area contributed by atoms with Gasteiger partial charge in [0.2, 0.25) is 0 Å². The van der Waals surface area contributed by atoms with Gasteiger partial charge < -0.3 is 10.1 Å². The van der Waals surface area contributed by atoms with Crippen LogP contribution in [0.1, 0.15) is 5.69 Å². The van der Waals surface area contributed by atoms with Crippen LogP contribution >= 0.6 is 45.5 Å². The van der Waals surface area contributed by atoms with E-state index in [-0.39, 0.29) is 0 Å². The van der Waals surface area contributed by atoms with E-state index in [1.807, 2.05) is 18.5 Å². The molecule has 0 amide bonds. The molecule has 0 aliphatic heterocycles. The summed E-state index contributed by atoms with van der Waals surface area (Å²) >= 11 is 9.67. The van der Waals surface area contributed by atoms with Gasteiger partial charge in [-0.15, -0.1) is 11.3 Å². The van der Waals surface area contributed by atoms with Gasteiger partial charge in [0.15, 0.2) is 5.82 Å². The molecule has 0 radical (unpaired) electrons. The van der Waals surface area contributed by atoms with Crippen LogP contribution in [0.3, 0.4) is 0 Å². The molecular weight excluding hydrogens is 385 g/mol. The van der Waals surface area contributed by atoms with Crippen molar-refractivity contribution in [3.05, 3.63) is 25.7 Å². The van der Waals surface area contributed by atoms with Crippen molar-refractivity contribution >= 4 is 51.3 Å². The Bertz CT molecular complexity index is 561. The summed E-state index contributed by atoms with van der Waals surface area (Å²) in [7, 11) is 3.49. The maximum absolute atomic E-state index is 5.93. The summed E-state index contributed by atoms with van der Waals surface area (Å²) in [6.45, 7) is 0.460. The summed E-state index contributed by atoms with van der Waals surface area (Å²) in [5.41, 5.74) is 0.872. The molecule has 18 heavy (non-hydrogen) atoms. The molecule has 1 N–H and O–H groups in total. The molecule has 0 aliphatic carbocycles. The summed E-state index contributed by atoms with van der Waals surface area (Å²) in [5.74, 6) is 1.47. The van der Waals surface area contributed by atoms with Crippen LogP contribution in [0.5, 0.6) is 0 Å². The fourth-order valence-corrected chi connectivity index (χ4v) is 3.11. The third kappa shape index (κ3) is 2.93. The number of methoxy groups -OCH3 is 1. The molecule has 7 heteroatoms. The number of nitrogens with one attached hydrogen (secondary N) is 1. The van der Waals surface area contributed by atoms with E-state index < -0.39 is 0 Å². The number of anilines is 1. The second-order valence-electron chi connectivity index (χ2n) is 3.47. The first-order valence-corrected chi connectivity index (χ1v) is 7.47. The highest BCUT2D eigenvalue weighted by atomic mass is 127. The van der Waals surface area contributed by atoms with Gasteiger partial charge >= 0.3 is 0 Å². The molecule has 0 aliphatic rings. The summed E-state index contributed by atoms with van der Waals surface area (Å²) in [4.78, 5) is 9.96. The largest absolute Gasteiger partial charge is 0.378 e. The molecule has 0 spiro atoms. The minimum atomic E-state index is 0.460. The fraction of sp³-hybridized carbons (Fsp3) is 0.273. The first kappa shape index (κ1) is 14.0. The first-order valence-electron chi connectivity index (χ1n) is 5.13. The number of rotatable bonds is 4. The predicted octanol–water partition coefficient (Wildman–Crippen LogP) is 3.65. The maximum Gasteiger partial charge on any atom is 0.172 e. The highest BCUT2D eigenvalue weighted by Crippen LogP contribution is 2.30. The quantitative estimate of drug-likeness (QED) is 0.803. The number of ether oxygens (including phenoxy) is 1. The Balaban J connectivity index is 2.51. The molecule has 0 saturated heterocycles. The third-order valence-electron chi connectivity index (χ3n) is 2.23. The lowest BCUT2D eigenvalue weighted by molar-refractivity contribution is 0.181. The van der Waals surface area contributed by atoms with Crippen LogP contribution in [0.2, 0.25) is 5.02 Å². The lowest BCUT2D eigenvalue weighted by Gasteiger charge is -2.09. The van der Waals surface area contributed by atoms with Crippen molar-refractivity contribution < 1.29 is 4.74 Å². The lowest BCUT2D eigenvalue weighted by atomic mass is 10.3. The number of hydrogen-bond donors (Lipinski definition) is 1. The molecule has 0 aromatic carbocycles. The SMILES string of the molecule is CNc1nc(-c2cc(Cl)cs2)nc(COC)c1I. The molecule has 0 saturated carbocycles. The van der Waals surface area contributed by atoms with Crippen molar-refractivity contribution in [2.24, 2.45) is 0 Å². The van der Waals surface area contributed by atoms with Crippen molar-refractivity contribution in [2.75, 3.05) is 19.5 Å². The second kappa shape index (κ2) is 6.14. The lowest BCUT2D eigenvalue weighted by Crippen LogP contribution is -2.05. The summed E-state index contributed by atoms with van der Waals surface area (Å²) in [6, 6.07) is 1.87. The molecule has 0 unspecified atom stereocenters.